The molecule has 9 nitrogen and oxygen atoms in total. The molecule has 0 radical (unpaired) electrons. The highest BCUT2D eigenvalue weighted by Gasteiger charge is 2.48. The molecule has 0 bridgehead atoms. The van der Waals surface area contributed by atoms with Crippen LogP contribution in [0.25, 0.3) is 5.69 Å². The van der Waals surface area contributed by atoms with Gasteiger partial charge in [-0.25, -0.2) is 4.68 Å². The zero-order chi connectivity index (χ0) is 31.4. The van der Waals surface area contributed by atoms with E-state index in [-0.39, 0.29) is 13.2 Å². The normalized spacial score (nSPS) is 21.3. The summed E-state index contributed by atoms with van der Waals surface area (Å²) in [7, 11) is 1.61. The average molecular weight is 622 g/mol. The first-order chi connectivity index (χ1) is 22.8. The van der Waals surface area contributed by atoms with E-state index in [0.717, 1.165) is 22.4 Å². The van der Waals surface area contributed by atoms with Crippen molar-refractivity contribution in [3.8, 4) is 5.69 Å². The fourth-order valence-corrected chi connectivity index (χ4v) is 5.42. The number of ether oxygens (including phenoxy) is 6. The van der Waals surface area contributed by atoms with E-state index in [1.807, 2.05) is 128 Å². The van der Waals surface area contributed by atoms with E-state index in [4.69, 9.17) is 28.4 Å². The molecule has 0 saturated carbocycles. The van der Waals surface area contributed by atoms with Crippen LogP contribution in [-0.4, -0.2) is 59.4 Å². The van der Waals surface area contributed by atoms with Crippen molar-refractivity contribution in [1.82, 2.24) is 15.0 Å². The molecule has 238 valence electrons. The molecular weight excluding hydrogens is 582 g/mol. The van der Waals surface area contributed by atoms with E-state index in [9.17, 15) is 0 Å². The molecule has 1 fully saturated rings. The topological polar surface area (TPSA) is 86.1 Å². The van der Waals surface area contributed by atoms with Crippen LogP contribution in [0.1, 0.15) is 22.4 Å². The molecule has 5 aromatic rings. The lowest BCUT2D eigenvalue weighted by atomic mass is 9.97. The number of aromatic nitrogens is 3. The van der Waals surface area contributed by atoms with Crippen LogP contribution in [0.5, 0.6) is 0 Å². The van der Waals surface area contributed by atoms with Gasteiger partial charge in [0.2, 0.25) is 0 Å². The predicted octanol–water partition coefficient (Wildman–Crippen LogP) is 5.91. The minimum atomic E-state index is -0.714. The SMILES string of the molecule is CO[C@H]1O[C@H](COCc2cn(-c3ccccc3)nn2)[C@@H](OCc2ccccc2)[C@H](OCc2ccccc2)[C@H]1OCc1ccccc1. The fourth-order valence-electron chi connectivity index (χ4n) is 5.42. The van der Waals surface area contributed by atoms with Gasteiger partial charge in [0, 0.05) is 7.11 Å². The Bertz CT molecular complexity index is 1570. The van der Waals surface area contributed by atoms with Gasteiger partial charge in [-0.3, -0.25) is 0 Å². The first-order valence-corrected chi connectivity index (χ1v) is 15.5. The lowest BCUT2D eigenvalue weighted by Crippen LogP contribution is -2.61. The van der Waals surface area contributed by atoms with Crippen LogP contribution in [0.3, 0.4) is 0 Å². The van der Waals surface area contributed by atoms with E-state index in [2.05, 4.69) is 10.3 Å². The Morgan fingerprint density at radius 2 is 1.11 bits per heavy atom. The summed E-state index contributed by atoms with van der Waals surface area (Å²) in [5.74, 6) is 0. The van der Waals surface area contributed by atoms with E-state index in [0.29, 0.717) is 25.5 Å². The van der Waals surface area contributed by atoms with Gasteiger partial charge in [-0.1, -0.05) is 114 Å². The third-order valence-corrected chi connectivity index (χ3v) is 7.77. The van der Waals surface area contributed by atoms with Gasteiger partial charge < -0.3 is 28.4 Å². The maximum atomic E-state index is 6.66. The van der Waals surface area contributed by atoms with Crippen LogP contribution < -0.4 is 0 Å². The van der Waals surface area contributed by atoms with Crippen molar-refractivity contribution in [3.63, 3.8) is 0 Å². The third-order valence-electron chi connectivity index (χ3n) is 7.77. The van der Waals surface area contributed by atoms with Gasteiger partial charge >= 0.3 is 0 Å². The van der Waals surface area contributed by atoms with E-state index >= 15 is 0 Å². The van der Waals surface area contributed by atoms with Gasteiger partial charge in [-0.2, -0.15) is 0 Å². The maximum Gasteiger partial charge on any atom is 0.186 e. The standard InChI is InChI=1S/C37H39N3O6/c1-41-37-36(45-25-30-18-10-4-11-19-30)35(44-24-29-16-8-3-9-17-29)34(43-23-28-14-6-2-7-15-28)33(46-37)27-42-26-31-22-40(39-38-31)32-20-12-5-13-21-32/h2-22,33-37H,23-27H2,1H3/t33-,34-,35+,36-,37+/m1/s1. The molecule has 0 unspecified atom stereocenters. The van der Waals surface area contributed by atoms with Crippen molar-refractivity contribution < 1.29 is 28.4 Å². The van der Waals surface area contributed by atoms with Gasteiger partial charge in [0.1, 0.15) is 30.1 Å². The molecule has 1 saturated heterocycles. The third kappa shape index (κ3) is 8.52. The van der Waals surface area contributed by atoms with Gasteiger partial charge in [0.05, 0.1) is 44.9 Å². The van der Waals surface area contributed by atoms with E-state index in [1.165, 1.54) is 0 Å². The molecule has 0 amide bonds. The number of rotatable bonds is 15. The highest BCUT2D eigenvalue weighted by molar-refractivity contribution is 5.29. The highest BCUT2D eigenvalue weighted by Crippen LogP contribution is 2.31. The Hall–Kier alpha value is -4.22. The number of nitrogens with zero attached hydrogens (tertiary/aromatic N) is 3. The Morgan fingerprint density at radius 3 is 1.65 bits per heavy atom. The quantitative estimate of drug-likeness (QED) is 0.143. The molecule has 46 heavy (non-hydrogen) atoms. The summed E-state index contributed by atoms with van der Waals surface area (Å²) >= 11 is 0. The molecule has 2 heterocycles. The molecule has 1 aliphatic heterocycles. The fraction of sp³-hybridized carbons (Fsp3) is 0.297. The van der Waals surface area contributed by atoms with Crippen molar-refractivity contribution in [1.29, 1.82) is 0 Å². The van der Waals surface area contributed by atoms with Crippen LogP contribution in [0, 0.1) is 0 Å². The van der Waals surface area contributed by atoms with Crippen molar-refractivity contribution in [3.05, 3.63) is 150 Å². The van der Waals surface area contributed by atoms with Crippen LogP contribution in [0.2, 0.25) is 0 Å². The minimum Gasteiger partial charge on any atom is -0.372 e. The smallest absolute Gasteiger partial charge is 0.186 e. The van der Waals surface area contributed by atoms with E-state index < -0.39 is 30.7 Å². The summed E-state index contributed by atoms with van der Waals surface area (Å²) in [6, 6.07) is 40.0. The summed E-state index contributed by atoms with van der Waals surface area (Å²) in [5, 5.41) is 8.54. The monoisotopic (exact) mass is 621 g/mol. The molecule has 4 aromatic carbocycles. The molecular formula is C37H39N3O6. The Labute approximate surface area is 269 Å². The van der Waals surface area contributed by atoms with Crippen molar-refractivity contribution >= 4 is 0 Å². The number of benzene rings is 4. The molecule has 0 aliphatic carbocycles. The van der Waals surface area contributed by atoms with Crippen molar-refractivity contribution in [2.45, 2.75) is 57.1 Å². The second-order valence-electron chi connectivity index (χ2n) is 11.1. The molecule has 1 aromatic heterocycles. The largest absolute Gasteiger partial charge is 0.372 e. The first-order valence-electron chi connectivity index (χ1n) is 15.5. The molecule has 9 heteroatoms. The zero-order valence-electron chi connectivity index (χ0n) is 25.8. The summed E-state index contributed by atoms with van der Waals surface area (Å²) < 4.78 is 40.1. The number of hydrogen-bond donors (Lipinski definition) is 0. The number of hydrogen-bond acceptors (Lipinski definition) is 8. The number of para-hydroxylation sites is 1. The highest BCUT2D eigenvalue weighted by atomic mass is 16.7. The van der Waals surface area contributed by atoms with Crippen LogP contribution in [-0.2, 0) is 54.8 Å². The van der Waals surface area contributed by atoms with Crippen molar-refractivity contribution in [2.24, 2.45) is 0 Å². The maximum absolute atomic E-state index is 6.66. The van der Waals surface area contributed by atoms with Crippen LogP contribution in [0.15, 0.2) is 128 Å². The minimum absolute atomic E-state index is 0.216. The molecule has 0 N–H and O–H groups in total. The van der Waals surface area contributed by atoms with E-state index in [1.54, 1.807) is 11.8 Å². The second kappa shape index (κ2) is 16.4. The Kier molecular flexibility index (Phi) is 11.3. The summed E-state index contributed by atoms with van der Waals surface area (Å²) in [6.45, 7) is 1.57. The Morgan fingerprint density at radius 1 is 0.609 bits per heavy atom. The summed E-state index contributed by atoms with van der Waals surface area (Å²) in [6.07, 6.45) is -1.01. The average Bonchev–Trinajstić information content (AvgIpc) is 3.60. The first kappa shape index (κ1) is 31.7. The molecule has 0 spiro atoms. The van der Waals surface area contributed by atoms with Gasteiger partial charge in [0.25, 0.3) is 0 Å². The Balaban J connectivity index is 1.21. The zero-order valence-corrected chi connectivity index (χ0v) is 25.8. The molecule has 5 atom stereocenters. The van der Waals surface area contributed by atoms with Gasteiger partial charge in [-0.05, 0) is 28.8 Å². The van der Waals surface area contributed by atoms with Crippen molar-refractivity contribution in [2.75, 3.05) is 13.7 Å². The molecule has 6 rings (SSSR count). The van der Waals surface area contributed by atoms with Crippen LogP contribution in [0.4, 0.5) is 0 Å². The lowest BCUT2D eigenvalue weighted by Gasteiger charge is -2.45. The van der Waals surface area contributed by atoms with Crippen LogP contribution >= 0.6 is 0 Å². The summed E-state index contributed by atoms with van der Waals surface area (Å²) in [5.41, 5.74) is 4.74. The molecule has 1 aliphatic rings. The number of methoxy groups -OCH3 is 1. The predicted molar refractivity (Wildman–Crippen MR) is 172 cm³/mol. The van der Waals surface area contributed by atoms with Gasteiger partial charge in [0.15, 0.2) is 6.29 Å². The lowest BCUT2D eigenvalue weighted by molar-refractivity contribution is -0.323. The van der Waals surface area contributed by atoms with Gasteiger partial charge in [-0.15, -0.1) is 5.10 Å². The second-order valence-corrected chi connectivity index (χ2v) is 11.1. The summed E-state index contributed by atoms with van der Waals surface area (Å²) in [4.78, 5) is 0.